The first-order valence-corrected chi connectivity index (χ1v) is 7.62. The van der Waals surface area contributed by atoms with Crippen molar-refractivity contribution in [2.75, 3.05) is 13.6 Å². The highest BCUT2D eigenvalue weighted by Gasteiger charge is 2.23. The number of amides is 1. The molecule has 7 heteroatoms. The number of aromatic nitrogens is 2. The van der Waals surface area contributed by atoms with Gasteiger partial charge in [0.25, 0.3) is 5.91 Å². The van der Waals surface area contributed by atoms with Gasteiger partial charge in [-0.25, -0.2) is 9.07 Å². The Morgan fingerprint density at radius 3 is 2.46 bits per heavy atom. The molecular weight excluding hydrogens is 313 g/mol. The Labute approximate surface area is 139 Å². The van der Waals surface area contributed by atoms with Crippen molar-refractivity contribution in [1.29, 1.82) is 0 Å². The first-order valence-electron chi connectivity index (χ1n) is 7.62. The van der Waals surface area contributed by atoms with Crippen molar-refractivity contribution in [2.24, 2.45) is 0 Å². The van der Waals surface area contributed by atoms with E-state index < -0.39 is 5.97 Å². The van der Waals surface area contributed by atoms with Crippen LogP contribution in [0.1, 0.15) is 42.2 Å². The number of rotatable bonds is 6. The van der Waals surface area contributed by atoms with Gasteiger partial charge in [-0.15, -0.1) is 0 Å². The predicted octanol–water partition coefficient (Wildman–Crippen LogP) is 2.68. The number of carboxylic acid groups (broad SMARTS) is 1. The fraction of sp³-hybridized carbons (Fsp3) is 0.353. The lowest BCUT2D eigenvalue weighted by molar-refractivity contribution is -0.137. The van der Waals surface area contributed by atoms with Gasteiger partial charge in [0.05, 0.1) is 29.6 Å². The standard InChI is InChI=1S/C17H20FN3O3/c1-11(2)16-14(17(24)20(3)9-8-15(22)23)10-19-21(16)13-6-4-12(18)5-7-13/h4-7,10-11H,8-9H2,1-3H3,(H,22,23). The Morgan fingerprint density at radius 1 is 1.29 bits per heavy atom. The normalized spacial score (nSPS) is 10.9. The van der Waals surface area contributed by atoms with E-state index in [1.807, 2.05) is 13.8 Å². The summed E-state index contributed by atoms with van der Waals surface area (Å²) in [7, 11) is 1.56. The van der Waals surface area contributed by atoms with Crippen molar-refractivity contribution in [1.82, 2.24) is 14.7 Å². The Kier molecular flexibility index (Phi) is 5.33. The van der Waals surface area contributed by atoms with Crippen LogP contribution in [0.3, 0.4) is 0 Å². The molecule has 1 heterocycles. The maximum Gasteiger partial charge on any atom is 0.305 e. The van der Waals surface area contributed by atoms with Gasteiger partial charge in [0.2, 0.25) is 0 Å². The fourth-order valence-corrected chi connectivity index (χ4v) is 2.44. The molecule has 0 unspecified atom stereocenters. The molecule has 1 amide bonds. The maximum absolute atomic E-state index is 13.1. The summed E-state index contributed by atoms with van der Waals surface area (Å²) in [6, 6.07) is 5.86. The van der Waals surface area contributed by atoms with E-state index in [0.717, 1.165) is 0 Å². The fourth-order valence-electron chi connectivity index (χ4n) is 2.44. The van der Waals surface area contributed by atoms with Crippen LogP contribution in [0, 0.1) is 5.82 Å². The molecule has 128 valence electrons. The minimum atomic E-state index is -0.958. The number of benzene rings is 1. The molecule has 2 rings (SSSR count). The van der Waals surface area contributed by atoms with E-state index in [-0.39, 0.29) is 30.6 Å². The lowest BCUT2D eigenvalue weighted by Crippen LogP contribution is -2.29. The van der Waals surface area contributed by atoms with Crippen LogP contribution in [0.5, 0.6) is 0 Å². The number of aliphatic carboxylic acids is 1. The molecule has 0 fully saturated rings. The second kappa shape index (κ2) is 7.25. The van der Waals surface area contributed by atoms with Gasteiger partial charge < -0.3 is 10.0 Å². The first-order chi connectivity index (χ1) is 11.3. The summed E-state index contributed by atoms with van der Waals surface area (Å²) >= 11 is 0. The Balaban J connectivity index is 2.36. The molecule has 0 aliphatic carbocycles. The van der Waals surface area contributed by atoms with E-state index in [2.05, 4.69) is 5.10 Å². The molecule has 24 heavy (non-hydrogen) atoms. The summed E-state index contributed by atoms with van der Waals surface area (Å²) in [6.45, 7) is 3.99. The summed E-state index contributed by atoms with van der Waals surface area (Å²) in [4.78, 5) is 24.6. The zero-order chi connectivity index (χ0) is 17.9. The molecule has 2 aromatic rings. The number of carbonyl (C=O) groups is 2. The van der Waals surface area contributed by atoms with Crippen molar-refractivity contribution in [3.63, 3.8) is 0 Å². The van der Waals surface area contributed by atoms with Gasteiger partial charge in [-0.2, -0.15) is 5.10 Å². The van der Waals surface area contributed by atoms with E-state index in [1.165, 1.54) is 23.2 Å². The summed E-state index contributed by atoms with van der Waals surface area (Å²) in [6.07, 6.45) is 1.35. The zero-order valence-electron chi connectivity index (χ0n) is 13.9. The topological polar surface area (TPSA) is 75.4 Å². The van der Waals surface area contributed by atoms with E-state index in [9.17, 15) is 14.0 Å². The second-order valence-corrected chi connectivity index (χ2v) is 5.86. The van der Waals surface area contributed by atoms with Crippen molar-refractivity contribution in [2.45, 2.75) is 26.2 Å². The van der Waals surface area contributed by atoms with E-state index in [0.29, 0.717) is 16.9 Å². The Morgan fingerprint density at radius 2 is 1.92 bits per heavy atom. The lowest BCUT2D eigenvalue weighted by Gasteiger charge is -2.18. The number of hydrogen-bond donors (Lipinski definition) is 1. The number of carboxylic acids is 1. The molecule has 0 spiro atoms. The quantitative estimate of drug-likeness (QED) is 0.882. The molecule has 0 saturated carbocycles. The van der Waals surface area contributed by atoms with Crippen molar-refractivity contribution >= 4 is 11.9 Å². The highest BCUT2D eigenvalue weighted by Crippen LogP contribution is 2.24. The predicted molar refractivity (Wildman–Crippen MR) is 86.8 cm³/mol. The largest absolute Gasteiger partial charge is 0.481 e. The van der Waals surface area contributed by atoms with Crippen molar-refractivity contribution < 1.29 is 19.1 Å². The third kappa shape index (κ3) is 3.79. The van der Waals surface area contributed by atoms with E-state index in [1.54, 1.807) is 23.9 Å². The minimum absolute atomic E-state index is 0.00405. The molecular formula is C17H20FN3O3. The summed E-state index contributed by atoms with van der Waals surface area (Å²) < 4.78 is 14.7. The van der Waals surface area contributed by atoms with Crippen LogP contribution in [0.4, 0.5) is 4.39 Å². The molecule has 0 aliphatic rings. The van der Waals surface area contributed by atoms with Gasteiger partial charge in [0.1, 0.15) is 5.82 Å². The van der Waals surface area contributed by atoms with Crippen LogP contribution in [0.15, 0.2) is 30.5 Å². The van der Waals surface area contributed by atoms with Gasteiger partial charge in [0.15, 0.2) is 0 Å². The summed E-state index contributed by atoms with van der Waals surface area (Å²) in [5, 5.41) is 13.0. The number of carbonyl (C=O) groups excluding carboxylic acids is 1. The molecule has 6 nitrogen and oxygen atoms in total. The van der Waals surface area contributed by atoms with Crippen molar-refractivity contribution in [3.8, 4) is 5.69 Å². The molecule has 1 aromatic heterocycles. The Bertz CT molecular complexity index is 738. The summed E-state index contributed by atoms with van der Waals surface area (Å²) in [5.41, 5.74) is 1.78. The molecule has 0 bridgehead atoms. The highest BCUT2D eigenvalue weighted by atomic mass is 19.1. The van der Waals surface area contributed by atoms with Crippen LogP contribution < -0.4 is 0 Å². The van der Waals surface area contributed by atoms with Gasteiger partial charge >= 0.3 is 5.97 Å². The van der Waals surface area contributed by atoms with Crippen LogP contribution in [-0.4, -0.2) is 45.3 Å². The maximum atomic E-state index is 13.1. The third-order valence-electron chi connectivity index (χ3n) is 3.66. The van der Waals surface area contributed by atoms with Crippen LogP contribution in [0.25, 0.3) is 5.69 Å². The first kappa shape index (κ1) is 17.7. The Hall–Kier alpha value is -2.70. The average molecular weight is 333 g/mol. The summed E-state index contributed by atoms with van der Waals surface area (Å²) in [5.74, 6) is -1.58. The molecule has 0 radical (unpaired) electrons. The SMILES string of the molecule is CC(C)c1c(C(=O)N(C)CCC(=O)O)cnn1-c1ccc(F)cc1. The van der Waals surface area contributed by atoms with Crippen LogP contribution in [-0.2, 0) is 4.79 Å². The molecule has 1 N–H and O–H groups in total. The smallest absolute Gasteiger partial charge is 0.305 e. The van der Waals surface area contributed by atoms with Gasteiger partial charge in [0, 0.05) is 13.6 Å². The molecule has 1 aromatic carbocycles. The average Bonchev–Trinajstić information content (AvgIpc) is 2.97. The minimum Gasteiger partial charge on any atom is -0.481 e. The molecule has 0 saturated heterocycles. The van der Waals surface area contributed by atoms with Crippen molar-refractivity contribution in [3.05, 3.63) is 47.5 Å². The third-order valence-corrected chi connectivity index (χ3v) is 3.66. The lowest BCUT2D eigenvalue weighted by atomic mass is 10.0. The number of halogens is 1. The molecule has 0 atom stereocenters. The van der Waals surface area contributed by atoms with Gasteiger partial charge in [-0.05, 0) is 30.2 Å². The van der Waals surface area contributed by atoms with E-state index in [4.69, 9.17) is 5.11 Å². The monoisotopic (exact) mass is 333 g/mol. The highest BCUT2D eigenvalue weighted by molar-refractivity contribution is 5.95. The van der Waals surface area contributed by atoms with Crippen LogP contribution in [0.2, 0.25) is 0 Å². The van der Waals surface area contributed by atoms with Crippen LogP contribution >= 0.6 is 0 Å². The van der Waals surface area contributed by atoms with E-state index >= 15 is 0 Å². The van der Waals surface area contributed by atoms with Gasteiger partial charge in [-0.1, -0.05) is 13.8 Å². The number of hydrogen-bond acceptors (Lipinski definition) is 3. The molecule has 0 aliphatic heterocycles. The second-order valence-electron chi connectivity index (χ2n) is 5.86. The number of nitrogens with zero attached hydrogens (tertiary/aromatic N) is 3. The van der Waals surface area contributed by atoms with Gasteiger partial charge in [-0.3, -0.25) is 9.59 Å². The zero-order valence-corrected chi connectivity index (χ0v) is 13.9.